The van der Waals surface area contributed by atoms with Crippen molar-refractivity contribution in [2.24, 2.45) is 0 Å². The zero-order valence-corrected chi connectivity index (χ0v) is 12.0. The summed E-state index contributed by atoms with van der Waals surface area (Å²) in [6.07, 6.45) is 1.06. The van der Waals surface area contributed by atoms with Crippen LogP contribution >= 0.6 is 23.1 Å². The largest absolute Gasteiger partial charge is 0.315 e. The van der Waals surface area contributed by atoms with Crippen molar-refractivity contribution in [3.05, 3.63) is 22.4 Å². The molecule has 98 valence electrons. The number of likely N-dealkylation sites (N-methyl/N-ethyl adjacent to an activating group) is 1. The first-order chi connectivity index (χ1) is 8.90. The van der Waals surface area contributed by atoms with E-state index >= 15 is 0 Å². The Bertz CT molecular complexity index is 440. The van der Waals surface area contributed by atoms with Gasteiger partial charge in [-0.1, -0.05) is 18.7 Å². The molecule has 0 atom stereocenters. The Morgan fingerprint density at radius 1 is 1.50 bits per heavy atom. The molecule has 2 heterocycles. The number of nitrogens with zero attached hydrogens (tertiary/aromatic N) is 4. The highest BCUT2D eigenvalue weighted by atomic mass is 32.2. The number of thiophene rings is 1. The molecule has 0 amide bonds. The van der Waals surface area contributed by atoms with E-state index in [0.29, 0.717) is 0 Å². The standard InChI is InChI=1S/C11H17N5S2/c1-2-12-5-6-16-11(13-14-15-16)18-8-4-10-3-7-17-9-10/h3,7,9,12H,2,4-6,8H2,1H3. The van der Waals surface area contributed by atoms with Crippen LogP contribution in [0.5, 0.6) is 0 Å². The molecular weight excluding hydrogens is 266 g/mol. The molecular formula is C11H17N5S2. The summed E-state index contributed by atoms with van der Waals surface area (Å²) in [5.41, 5.74) is 1.39. The molecule has 0 unspecified atom stereocenters. The molecule has 7 heteroatoms. The first-order valence-corrected chi connectivity index (χ1v) is 7.93. The number of thioether (sulfide) groups is 1. The van der Waals surface area contributed by atoms with Crippen LogP contribution in [0.4, 0.5) is 0 Å². The van der Waals surface area contributed by atoms with Gasteiger partial charge in [0, 0.05) is 12.3 Å². The van der Waals surface area contributed by atoms with Crippen molar-refractivity contribution in [1.82, 2.24) is 25.5 Å². The van der Waals surface area contributed by atoms with E-state index in [0.717, 1.165) is 37.0 Å². The van der Waals surface area contributed by atoms with Crippen LogP contribution in [0.2, 0.25) is 0 Å². The maximum atomic E-state index is 4.05. The van der Waals surface area contributed by atoms with E-state index in [2.05, 4.69) is 44.6 Å². The van der Waals surface area contributed by atoms with E-state index in [1.807, 2.05) is 4.68 Å². The molecule has 1 N–H and O–H groups in total. The third kappa shape index (κ3) is 4.08. The van der Waals surface area contributed by atoms with Crippen molar-refractivity contribution in [3.63, 3.8) is 0 Å². The van der Waals surface area contributed by atoms with E-state index in [-0.39, 0.29) is 0 Å². The Morgan fingerprint density at radius 3 is 3.22 bits per heavy atom. The summed E-state index contributed by atoms with van der Waals surface area (Å²) in [6, 6.07) is 2.17. The molecule has 0 bridgehead atoms. The van der Waals surface area contributed by atoms with Gasteiger partial charge in [0.15, 0.2) is 0 Å². The predicted octanol–water partition coefficient (Wildman–Crippen LogP) is 1.68. The van der Waals surface area contributed by atoms with E-state index in [4.69, 9.17) is 0 Å². The quantitative estimate of drug-likeness (QED) is 0.590. The van der Waals surface area contributed by atoms with Gasteiger partial charge in [0.1, 0.15) is 0 Å². The Kier molecular flexibility index (Phi) is 5.63. The molecule has 2 rings (SSSR count). The van der Waals surface area contributed by atoms with Crippen molar-refractivity contribution in [1.29, 1.82) is 0 Å². The Balaban J connectivity index is 1.76. The second kappa shape index (κ2) is 7.50. The van der Waals surface area contributed by atoms with Crippen LogP contribution in [-0.4, -0.2) is 39.0 Å². The molecule has 0 fully saturated rings. The zero-order valence-electron chi connectivity index (χ0n) is 10.4. The van der Waals surface area contributed by atoms with E-state index in [1.54, 1.807) is 23.1 Å². The molecule has 0 aromatic carbocycles. The van der Waals surface area contributed by atoms with Gasteiger partial charge in [0.05, 0.1) is 6.54 Å². The van der Waals surface area contributed by atoms with E-state index in [9.17, 15) is 0 Å². The molecule has 2 aromatic rings. The van der Waals surface area contributed by atoms with Gasteiger partial charge in [-0.05, 0) is 45.8 Å². The molecule has 0 radical (unpaired) electrons. The van der Waals surface area contributed by atoms with Gasteiger partial charge >= 0.3 is 0 Å². The third-order valence-electron chi connectivity index (χ3n) is 2.45. The average Bonchev–Trinajstić information content (AvgIpc) is 3.02. The number of hydrogen-bond donors (Lipinski definition) is 1. The predicted molar refractivity (Wildman–Crippen MR) is 75.1 cm³/mol. The lowest BCUT2D eigenvalue weighted by atomic mass is 10.3. The van der Waals surface area contributed by atoms with Crippen LogP contribution in [0.15, 0.2) is 22.0 Å². The second-order valence-corrected chi connectivity index (χ2v) is 5.61. The summed E-state index contributed by atoms with van der Waals surface area (Å²) in [6.45, 7) is 4.79. The normalized spacial score (nSPS) is 10.9. The summed E-state index contributed by atoms with van der Waals surface area (Å²) in [5, 5.41) is 20.3. The molecule has 0 aliphatic carbocycles. The molecule has 0 aliphatic rings. The molecule has 0 aliphatic heterocycles. The van der Waals surface area contributed by atoms with E-state index < -0.39 is 0 Å². The van der Waals surface area contributed by atoms with Gasteiger partial charge in [0.25, 0.3) is 0 Å². The monoisotopic (exact) mass is 283 g/mol. The highest BCUT2D eigenvalue weighted by molar-refractivity contribution is 7.99. The maximum absolute atomic E-state index is 4.05. The van der Waals surface area contributed by atoms with Crippen molar-refractivity contribution in [2.45, 2.75) is 25.0 Å². The highest BCUT2D eigenvalue weighted by Gasteiger charge is 2.06. The lowest BCUT2D eigenvalue weighted by Crippen LogP contribution is -2.20. The summed E-state index contributed by atoms with van der Waals surface area (Å²) in [7, 11) is 0. The van der Waals surface area contributed by atoms with E-state index in [1.165, 1.54) is 5.56 Å². The SMILES string of the molecule is CCNCCn1nnnc1SCCc1ccsc1. The number of rotatable bonds is 8. The smallest absolute Gasteiger partial charge is 0.209 e. The number of aryl methyl sites for hydroxylation is 1. The number of tetrazole rings is 1. The van der Waals surface area contributed by atoms with Crippen LogP contribution < -0.4 is 5.32 Å². The molecule has 5 nitrogen and oxygen atoms in total. The van der Waals surface area contributed by atoms with Crippen molar-refractivity contribution < 1.29 is 0 Å². The number of aromatic nitrogens is 4. The topological polar surface area (TPSA) is 55.6 Å². The van der Waals surface area contributed by atoms with Gasteiger partial charge in [-0.2, -0.15) is 11.3 Å². The number of nitrogens with one attached hydrogen (secondary N) is 1. The van der Waals surface area contributed by atoms with Gasteiger partial charge in [-0.25, -0.2) is 4.68 Å². The minimum Gasteiger partial charge on any atom is -0.315 e. The Morgan fingerprint density at radius 2 is 2.44 bits per heavy atom. The van der Waals surface area contributed by atoms with Crippen LogP contribution in [0.1, 0.15) is 12.5 Å². The van der Waals surface area contributed by atoms with Gasteiger partial charge in [0.2, 0.25) is 5.16 Å². The lowest BCUT2D eigenvalue weighted by molar-refractivity contribution is 0.517. The molecule has 0 saturated heterocycles. The third-order valence-corrected chi connectivity index (χ3v) is 4.14. The minimum atomic E-state index is 0.821. The van der Waals surface area contributed by atoms with Gasteiger partial charge in [-0.3, -0.25) is 0 Å². The minimum absolute atomic E-state index is 0.821. The summed E-state index contributed by atoms with van der Waals surface area (Å²) >= 11 is 3.45. The van der Waals surface area contributed by atoms with Crippen molar-refractivity contribution in [3.8, 4) is 0 Å². The fraction of sp³-hybridized carbons (Fsp3) is 0.545. The maximum Gasteiger partial charge on any atom is 0.209 e. The first kappa shape index (κ1) is 13.5. The highest BCUT2D eigenvalue weighted by Crippen LogP contribution is 2.16. The molecule has 2 aromatic heterocycles. The summed E-state index contributed by atoms with van der Waals surface area (Å²) in [5.74, 6) is 1.01. The Labute approximate surface area is 115 Å². The molecule has 0 saturated carbocycles. The second-order valence-electron chi connectivity index (χ2n) is 3.77. The summed E-state index contributed by atoms with van der Waals surface area (Å²) in [4.78, 5) is 0. The molecule has 18 heavy (non-hydrogen) atoms. The zero-order chi connectivity index (χ0) is 12.6. The lowest BCUT2D eigenvalue weighted by Gasteiger charge is -2.04. The Hall–Kier alpha value is -0.920. The number of hydrogen-bond acceptors (Lipinski definition) is 6. The fourth-order valence-electron chi connectivity index (χ4n) is 1.50. The van der Waals surface area contributed by atoms with Crippen LogP contribution in [0.25, 0.3) is 0 Å². The van der Waals surface area contributed by atoms with Crippen molar-refractivity contribution >= 4 is 23.1 Å². The van der Waals surface area contributed by atoms with Gasteiger partial charge < -0.3 is 5.32 Å². The van der Waals surface area contributed by atoms with Crippen LogP contribution in [0, 0.1) is 0 Å². The first-order valence-electron chi connectivity index (χ1n) is 6.01. The van der Waals surface area contributed by atoms with Crippen LogP contribution in [0.3, 0.4) is 0 Å². The average molecular weight is 283 g/mol. The van der Waals surface area contributed by atoms with Crippen molar-refractivity contribution in [2.75, 3.05) is 18.8 Å². The fourth-order valence-corrected chi connectivity index (χ4v) is 3.09. The van der Waals surface area contributed by atoms with Crippen LogP contribution in [-0.2, 0) is 13.0 Å². The summed E-state index contributed by atoms with van der Waals surface area (Å²) < 4.78 is 1.86. The van der Waals surface area contributed by atoms with Gasteiger partial charge in [-0.15, -0.1) is 5.10 Å². The molecule has 0 spiro atoms.